The number of carbonyl (C=O) groups excluding carboxylic acids is 3. The Morgan fingerprint density at radius 3 is 2.12 bits per heavy atom. The number of unbranched alkanes of at least 4 members (excludes halogenated alkanes) is 3. The molecule has 24 heavy (non-hydrogen) atoms. The second kappa shape index (κ2) is 8.08. The zero-order chi connectivity index (χ0) is 17.7. The van der Waals surface area contributed by atoms with Gasteiger partial charge < -0.3 is 5.32 Å². The maximum atomic E-state index is 12.6. The molecule has 1 aliphatic rings. The van der Waals surface area contributed by atoms with Crippen molar-refractivity contribution in [2.45, 2.75) is 52.5 Å². The second-order valence-corrected chi connectivity index (χ2v) is 6.57. The van der Waals surface area contributed by atoms with Gasteiger partial charge in [0.2, 0.25) is 5.91 Å². The summed E-state index contributed by atoms with van der Waals surface area (Å²) >= 11 is 0. The molecule has 0 bridgehead atoms. The average molecular weight is 330 g/mol. The van der Waals surface area contributed by atoms with E-state index in [0.29, 0.717) is 17.7 Å². The fraction of sp³-hybridized carbons (Fsp3) is 0.526. The van der Waals surface area contributed by atoms with Crippen LogP contribution in [0.25, 0.3) is 0 Å². The molecule has 2 rings (SSSR count). The number of nitrogens with one attached hydrogen (secondary N) is 1. The molecule has 0 fully saturated rings. The first-order chi connectivity index (χ1) is 11.5. The maximum absolute atomic E-state index is 12.6. The highest BCUT2D eigenvalue weighted by Crippen LogP contribution is 2.27. The molecule has 0 saturated heterocycles. The summed E-state index contributed by atoms with van der Waals surface area (Å²) in [6, 6.07) is 5.95. The minimum atomic E-state index is -0.774. The van der Waals surface area contributed by atoms with Gasteiger partial charge >= 0.3 is 0 Å². The molecule has 1 atom stereocenters. The SMILES string of the molecule is CCCCCCNC(=O)C(C(C)C)N1C(=O)c2ccccc2C1=O. The van der Waals surface area contributed by atoms with Gasteiger partial charge in [0.15, 0.2) is 0 Å². The van der Waals surface area contributed by atoms with Crippen molar-refractivity contribution in [3.8, 4) is 0 Å². The quantitative estimate of drug-likeness (QED) is 0.588. The Morgan fingerprint density at radius 2 is 1.62 bits per heavy atom. The first-order valence-electron chi connectivity index (χ1n) is 8.73. The molecule has 5 heteroatoms. The van der Waals surface area contributed by atoms with Crippen LogP contribution in [0.4, 0.5) is 0 Å². The molecule has 130 valence electrons. The lowest BCUT2D eigenvalue weighted by Gasteiger charge is -2.28. The number of amides is 3. The molecule has 0 radical (unpaired) electrons. The molecule has 1 heterocycles. The molecule has 0 aliphatic carbocycles. The predicted molar refractivity (Wildman–Crippen MR) is 92.7 cm³/mol. The Hall–Kier alpha value is -2.17. The summed E-state index contributed by atoms with van der Waals surface area (Å²) in [6.45, 7) is 6.41. The molecule has 0 aromatic heterocycles. The van der Waals surface area contributed by atoms with Crippen molar-refractivity contribution in [3.05, 3.63) is 35.4 Å². The van der Waals surface area contributed by atoms with Crippen LogP contribution in [0.3, 0.4) is 0 Å². The summed E-state index contributed by atoms with van der Waals surface area (Å²) in [5, 5.41) is 2.88. The van der Waals surface area contributed by atoms with Crippen LogP contribution in [-0.4, -0.2) is 35.2 Å². The average Bonchev–Trinajstić information content (AvgIpc) is 2.80. The van der Waals surface area contributed by atoms with Crippen molar-refractivity contribution in [2.24, 2.45) is 5.92 Å². The smallest absolute Gasteiger partial charge is 0.262 e. The van der Waals surface area contributed by atoms with E-state index in [1.807, 2.05) is 13.8 Å². The second-order valence-electron chi connectivity index (χ2n) is 6.57. The van der Waals surface area contributed by atoms with Crippen LogP contribution in [-0.2, 0) is 4.79 Å². The fourth-order valence-corrected chi connectivity index (χ4v) is 3.05. The van der Waals surface area contributed by atoms with Gasteiger partial charge in [-0.15, -0.1) is 0 Å². The molecular formula is C19H26N2O3. The lowest BCUT2D eigenvalue weighted by molar-refractivity contribution is -0.126. The van der Waals surface area contributed by atoms with Crippen molar-refractivity contribution in [2.75, 3.05) is 6.54 Å². The highest BCUT2D eigenvalue weighted by molar-refractivity contribution is 6.22. The fourth-order valence-electron chi connectivity index (χ4n) is 3.05. The van der Waals surface area contributed by atoms with Crippen LogP contribution in [0.2, 0.25) is 0 Å². The van der Waals surface area contributed by atoms with E-state index in [1.165, 1.54) is 0 Å². The van der Waals surface area contributed by atoms with E-state index < -0.39 is 6.04 Å². The number of benzene rings is 1. The summed E-state index contributed by atoms with van der Waals surface area (Å²) in [5.74, 6) is -1.16. The monoisotopic (exact) mass is 330 g/mol. The van der Waals surface area contributed by atoms with Gasteiger partial charge in [0.05, 0.1) is 11.1 Å². The van der Waals surface area contributed by atoms with Crippen molar-refractivity contribution >= 4 is 17.7 Å². The zero-order valence-electron chi connectivity index (χ0n) is 14.7. The van der Waals surface area contributed by atoms with Gasteiger partial charge in [0, 0.05) is 6.54 Å². The molecule has 1 aromatic carbocycles. The molecule has 1 N–H and O–H groups in total. The van der Waals surface area contributed by atoms with Gasteiger partial charge in [0.25, 0.3) is 11.8 Å². The van der Waals surface area contributed by atoms with Crippen molar-refractivity contribution in [3.63, 3.8) is 0 Å². The van der Waals surface area contributed by atoms with Gasteiger partial charge in [-0.05, 0) is 24.5 Å². The number of imide groups is 1. The number of hydrogen-bond donors (Lipinski definition) is 1. The minimum absolute atomic E-state index is 0.150. The topological polar surface area (TPSA) is 66.5 Å². The summed E-state index contributed by atoms with van der Waals surface area (Å²) < 4.78 is 0. The Labute approximate surface area is 143 Å². The minimum Gasteiger partial charge on any atom is -0.354 e. The number of rotatable bonds is 8. The normalized spacial score (nSPS) is 14.9. The molecule has 1 aliphatic heterocycles. The van der Waals surface area contributed by atoms with Crippen molar-refractivity contribution < 1.29 is 14.4 Å². The molecule has 5 nitrogen and oxygen atoms in total. The predicted octanol–water partition coefficient (Wildman–Crippen LogP) is 3.00. The summed E-state index contributed by atoms with van der Waals surface area (Å²) in [4.78, 5) is 38.9. The van der Waals surface area contributed by atoms with Gasteiger partial charge in [-0.2, -0.15) is 0 Å². The van der Waals surface area contributed by atoms with Gasteiger partial charge in [-0.1, -0.05) is 52.2 Å². The van der Waals surface area contributed by atoms with Crippen LogP contribution in [0, 0.1) is 5.92 Å². The van der Waals surface area contributed by atoms with Crippen LogP contribution < -0.4 is 5.32 Å². The molecule has 1 aromatic rings. The summed E-state index contributed by atoms with van der Waals surface area (Å²) in [7, 11) is 0. The van der Waals surface area contributed by atoms with E-state index in [2.05, 4.69) is 12.2 Å². The van der Waals surface area contributed by atoms with Crippen LogP contribution in [0.5, 0.6) is 0 Å². The van der Waals surface area contributed by atoms with E-state index in [-0.39, 0.29) is 23.6 Å². The third-order valence-corrected chi connectivity index (χ3v) is 4.33. The summed E-state index contributed by atoms with van der Waals surface area (Å²) in [5.41, 5.74) is 0.757. The van der Waals surface area contributed by atoms with E-state index in [9.17, 15) is 14.4 Å². The zero-order valence-corrected chi connectivity index (χ0v) is 14.7. The Kier molecular flexibility index (Phi) is 6.12. The number of carbonyl (C=O) groups is 3. The first-order valence-corrected chi connectivity index (χ1v) is 8.73. The van der Waals surface area contributed by atoms with E-state index in [1.54, 1.807) is 24.3 Å². The Balaban J connectivity index is 2.10. The third kappa shape index (κ3) is 3.66. The van der Waals surface area contributed by atoms with Crippen LogP contribution in [0.1, 0.15) is 67.2 Å². The van der Waals surface area contributed by atoms with Crippen molar-refractivity contribution in [1.29, 1.82) is 0 Å². The van der Waals surface area contributed by atoms with Gasteiger partial charge in [0.1, 0.15) is 6.04 Å². The third-order valence-electron chi connectivity index (χ3n) is 4.33. The molecule has 0 spiro atoms. The van der Waals surface area contributed by atoms with E-state index >= 15 is 0 Å². The van der Waals surface area contributed by atoms with Crippen LogP contribution in [0.15, 0.2) is 24.3 Å². The largest absolute Gasteiger partial charge is 0.354 e. The number of hydrogen-bond acceptors (Lipinski definition) is 3. The number of fused-ring (bicyclic) bond motifs is 1. The van der Waals surface area contributed by atoms with Crippen LogP contribution >= 0.6 is 0 Å². The highest BCUT2D eigenvalue weighted by atomic mass is 16.2. The Morgan fingerprint density at radius 1 is 1.04 bits per heavy atom. The van der Waals surface area contributed by atoms with Gasteiger partial charge in [-0.3, -0.25) is 19.3 Å². The van der Waals surface area contributed by atoms with Gasteiger partial charge in [-0.25, -0.2) is 0 Å². The molecular weight excluding hydrogens is 304 g/mol. The summed E-state index contributed by atoms with van der Waals surface area (Å²) in [6.07, 6.45) is 4.25. The molecule has 0 saturated carbocycles. The van der Waals surface area contributed by atoms with E-state index in [4.69, 9.17) is 0 Å². The molecule has 3 amide bonds. The lowest BCUT2D eigenvalue weighted by atomic mass is 10.0. The lowest BCUT2D eigenvalue weighted by Crippen LogP contribution is -2.52. The highest BCUT2D eigenvalue weighted by Gasteiger charge is 2.43. The standard InChI is InChI=1S/C19H26N2O3/c1-4-5-6-9-12-20-17(22)16(13(2)3)21-18(23)14-10-7-8-11-15(14)19(21)24/h7-8,10-11,13,16H,4-6,9,12H2,1-3H3,(H,20,22). The number of nitrogens with zero attached hydrogens (tertiary/aromatic N) is 1. The first kappa shape index (κ1) is 18.2. The van der Waals surface area contributed by atoms with Crippen molar-refractivity contribution in [1.82, 2.24) is 10.2 Å². The Bertz CT molecular complexity index is 590. The molecule has 1 unspecified atom stereocenters. The van der Waals surface area contributed by atoms with E-state index in [0.717, 1.165) is 30.6 Å². The maximum Gasteiger partial charge on any atom is 0.262 e.